The number of aromatic nitrogens is 7. The van der Waals surface area contributed by atoms with Crippen molar-refractivity contribution < 1.29 is 9.50 Å². The Morgan fingerprint density at radius 2 is 2.00 bits per heavy atom. The molecule has 0 saturated heterocycles. The fourth-order valence-electron chi connectivity index (χ4n) is 4.34. The zero-order valence-electron chi connectivity index (χ0n) is 20.1. The Morgan fingerprint density at radius 1 is 1.11 bits per heavy atom. The van der Waals surface area contributed by atoms with Crippen LogP contribution in [0.5, 0.6) is 0 Å². The Bertz CT molecular complexity index is 1740. The number of thiophene rings is 1. The van der Waals surface area contributed by atoms with Crippen LogP contribution in [0.4, 0.5) is 10.1 Å². The molecule has 1 atom stereocenters. The number of nitrogens with one attached hydrogen (secondary N) is 3. The number of nitrogens with zero attached hydrogens (tertiary/aromatic N) is 5. The van der Waals surface area contributed by atoms with Crippen LogP contribution >= 0.6 is 11.3 Å². The summed E-state index contributed by atoms with van der Waals surface area (Å²) >= 11 is 1.68. The predicted molar refractivity (Wildman–Crippen MR) is 143 cm³/mol. The number of pyridine rings is 3. The van der Waals surface area contributed by atoms with E-state index in [0.29, 0.717) is 34.8 Å². The second-order valence-electron chi connectivity index (χ2n) is 8.75. The summed E-state index contributed by atoms with van der Waals surface area (Å²) in [5.74, 6) is -0.0795. The first-order valence-electron chi connectivity index (χ1n) is 11.9. The third-order valence-electron chi connectivity index (χ3n) is 6.10. The molecular weight excluding hydrogens is 491 g/mol. The molecule has 0 aromatic carbocycles. The number of aryl methyl sites for hydroxylation is 1. The highest BCUT2D eigenvalue weighted by molar-refractivity contribution is 7.15. The number of hydrogen-bond acceptors (Lipinski definition) is 8. The van der Waals surface area contributed by atoms with Gasteiger partial charge in [-0.05, 0) is 37.6 Å². The zero-order chi connectivity index (χ0) is 25.5. The van der Waals surface area contributed by atoms with E-state index in [0.717, 1.165) is 22.4 Å². The van der Waals surface area contributed by atoms with Gasteiger partial charge in [-0.25, -0.2) is 19.3 Å². The van der Waals surface area contributed by atoms with Crippen LogP contribution in [-0.4, -0.2) is 46.5 Å². The van der Waals surface area contributed by atoms with Crippen LogP contribution in [0.2, 0.25) is 0 Å². The number of rotatable bonds is 7. The monoisotopic (exact) mass is 514 g/mol. The summed E-state index contributed by atoms with van der Waals surface area (Å²) in [5, 5.41) is 20.4. The normalized spacial score (nSPS) is 12.4. The molecule has 0 fully saturated rings. The van der Waals surface area contributed by atoms with Crippen LogP contribution in [0.1, 0.15) is 24.6 Å². The maximum absolute atomic E-state index is 16.0. The number of fused-ring (bicyclic) bond motifs is 2. The van der Waals surface area contributed by atoms with Crippen molar-refractivity contribution in [3.05, 3.63) is 59.7 Å². The van der Waals surface area contributed by atoms with Gasteiger partial charge in [0.25, 0.3) is 0 Å². The van der Waals surface area contributed by atoms with Crippen LogP contribution in [0, 0.1) is 12.7 Å². The first-order valence-corrected chi connectivity index (χ1v) is 12.7. The Balaban J connectivity index is 1.44. The van der Waals surface area contributed by atoms with E-state index >= 15 is 4.39 Å². The van der Waals surface area contributed by atoms with Gasteiger partial charge in [0.1, 0.15) is 17.7 Å². The van der Waals surface area contributed by atoms with Crippen molar-refractivity contribution in [2.45, 2.75) is 32.9 Å². The average Bonchev–Trinajstić information content (AvgIpc) is 3.62. The molecule has 4 N–H and O–H groups in total. The lowest BCUT2D eigenvalue weighted by Crippen LogP contribution is -2.18. The molecule has 0 spiro atoms. The number of imidazole rings is 1. The lowest BCUT2D eigenvalue weighted by atomic mass is 10.1. The molecule has 0 saturated carbocycles. The first kappa shape index (κ1) is 23.2. The summed E-state index contributed by atoms with van der Waals surface area (Å²) in [6.45, 7) is 4.05. The van der Waals surface area contributed by atoms with Gasteiger partial charge in [-0.15, -0.1) is 11.3 Å². The summed E-state index contributed by atoms with van der Waals surface area (Å²) in [5.41, 5.74) is 4.26. The van der Waals surface area contributed by atoms with Gasteiger partial charge >= 0.3 is 0 Å². The molecule has 0 bridgehead atoms. The molecule has 9 nitrogen and oxygen atoms in total. The number of hydrogen-bond donors (Lipinski definition) is 4. The first-order chi connectivity index (χ1) is 18.0. The van der Waals surface area contributed by atoms with Gasteiger partial charge in [-0.2, -0.15) is 5.10 Å². The van der Waals surface area contributed by atoms with Gasteiger partial charge in [-0.3, -0.25) is 10.1 Å². The molecule has 0 radical (unpaired) electrons. The molecule has 1 unspecified atom stereocenters. The molecule has 6 rings (SSSR count). The molecule has 0 amide bonds. The Kier molecular flexibility index (Phi) is 5.85. The minimum absolute atomic E-state index is 0.217. The summed E-state index contributed by atoms with van der Waals surface area (Å²) in [4.78, 5) is 23.2. The largest absolute Gasteiger partial charge is 0.374 e. The number of aliphatic hydroxyl groups excluding tert-OH is 1. The van der Waals surface area contributed by atoms with Gasteiger partial charge in [0.15, 0.2) is 17.1 Å². The topological polar surface area (TPSA) is 128 Å². The molecule has 11 heteroatoms. The van der Waals surface area contributed by atoms with Crippen molar-refractivity contribution in [3.63, 3.8) is 0 Å². The summed E-state index contributed by atoms with van der Waals surface area (Å²) in [6.07, 6.45) is 7.00. The standard InChI is InChI=1S/C26H23FN8OS/c1-3-4-19(36)31-15-9-14(10-28-11-15)17-12-30-24-20(21(17)27)23(34-35-24)26-32-22-16(7-8-29-25(22)33-26)18-6-5-13(2)37-18/h5-12,19,31,36H,3-4H2,1-2H3,(H,29,32,33)(H,30,34,35). The van der Waals surface area contributed by atoms with E-state index in [1.807, 2.05) is 13.0 Å². The van der Waals surface area contributed by atoms with E-state index in [-0.39, 0.29) is 16.6 Å². The van der Waals surface area contributed by atoms with Crippen LogP contribution in [0.15, 0.2) is 49.1 Å². The molecule has 6 aromatic rings. The zero-order valence-corrected chi connectivity index (χ0v) is 20.9. The van der Waals surface area contributed by atoms with Crippen molar-refractivity contribution in [2.75, 3.05) is 5.32 Å². The minimum Gasteiger partial charge on any atom is -0.374 e. The SMILES string of the molecule is CCCC(O)Nc1cncc(-c2cnc3n[nH]c(-c4nc5nccc(-c6ccc(C)s6)c5[nH]4)c3c2F)c1. The molecule has 37 heavy (non-hydrogen) atoms. The van der Waals surface area contributed by atoms with Gasteiger partial charge in [0.05, 0.1) is 22.8 Å². The van der Waals surface area contributed by atoms with Crippen molar-refractivity contribution in [3.8, 4) is 33.1 Å². The van der Waals surface area contributed by atoms with Gasteiger partial charge in [0.2, 0.25) is 0 Å². The molecule has 6 aromatic heterocycles. The van der Waals surface area contributed by atoms with E-state index in [1.54, 1.807) is 36.0 Å². The fourth-order valence-corrected chi connectivity index (χ4v) is 5.24. The van der Waals surface area contributed by atoms with Crippen molar-refractivity contribution in [1.29, 1.82) is 0 Å². The molecule has 0 aliphatic carbocycles. The average molecular weight is 515 g/mol. The molecular formula is C26H23FN8OS. The highest BCUT2D eigenvalue weighted by Gasteiger charge is 2.21. The van der Waals surface area contributed by atoms with Gasteiger partial charge in [0, 0.05) is 45.0 Å². The van der Waals surface area contributed by atoms with Crippen LogP contribution in [0.25, 0.3) is 55.3 Å². The van der Waals surface area contributed by atoms with Crippen LogP contribution in [-0.2, 0) is 0 Å². The Morgan fingerprint density at radius 3 is 2.81 bits per heavy atom. The lowest BCUT2D eigenvalue weighted by molar-refractivity contribution is 0.192. The van der Waals surface area contributed by atoms with Gasteiger partial charge < -0.3 is 15.4 Å². The molecule has 0 aliphatic rings. The lowest BCUT2D eigenvalue weighted by Gasteiger charge is -2.13. The summed E-state index contributed by atoms with van der Waals surface area (Å²) < 4.78 is 16.0. The maximum Gasteiger partial charge on any atom is 0.184 e. The predicted octanol–water partition coefficient (Wildman–Crippen LogP) is 5.66. The third kappa shape index (κ3) is 4.21. The minimum atomic E-state index is -0.711. The Labute approximate surface area is 214 Å². The van der Waals surface area contributed by atoms with E-state index in [1.165, 1.54) is 11.1 Å². The fraction of sp³-hybridized carbons (Fsp3) is 0.192. The number of aromatic amines is 2. The molecule has 0 aliphatic heterocycles. The quantitative estimate of drug-likeness (QED) is 0.202. The van der Waals surface area contributed by atoms with Crippen LogP contribution < -0.4 is 5.32 Å². The molecule has 6 heterocycles. The number of anilines is 1. The highest BCUT2D eigenvalue weighted by atomic mass is 32.1. The maximum atomic E-state index is 16.0. The van der Waals surface area contributed by atoms with Crippen LogP contribution in [0.3, 0.4) is 0 Å². The van der Waals surface area contributed by atoms with Crippen molar-refractivity contribution >= 4 is 39.2 Å². The number of halogens is 1. The highest BCUT2D eigenvalue weighted by Crippen LogP contribution is 2.36. The van der Waals surface area contributed by atoms with E-state index in [4.69, 9.17) is 0 Å². The Hall–Kier alpha value is -4.22. The number of H-pyrrole nitrogens is 2. The van der Waals surface area contributed by atoms with Crippen molar-refractivity contribution in [2.24, 2.45) is 0 Å². The third-order valence-corrected chi connectivity index (χ3v) is 7.13. The second kappa shape index (κ2) is 9.34. The smallest absolute Gasteiger partial charge is 0.184 e. The summed E-state index contributed by atoms with van der Waals surface area (Å²) in [6, 6.07) is 7.80. The van der Waals surface area contributed by atoms with E-state index in [2.05, 4.69) is 59.5 Å². The second-order valence-corrected chi connectivity index (χ2v) is 10.0. The molecule has 186 valence electrons. The van der Waals surface area contributed by atoms with E-state index < -0.39 is 12.0 Å². The summed E-state index contributed by atoms with van der Waals surface area (Å²) in [7, 11) is 0. The van der Waals surface area contributed by atoms with E-state index in [9.17, 15) is 5.11 Å². The van der Waals surface area contributed by atoms with Gasteiger partial charge in [-0.1, -0.05) is 13.3 Å². The van der Waals surface area contributed by atoms with Crippen molar-refractivity contribution in [1.82, 2.24) is 35.1 Å². The number of aliphatic hydroxyl groups is 1.